The number of benzene rings is 1. The summed E-state index contributed by atoms with van der Waals surface area (Å²) < 4.78 is 10.9. The molecule has 1 N–H and O–H groups in total. The Morgan fingerprint density at radius 1 is 1.24 bits per heavy atom. The van der Waals surface area contributed by atoms with E-state index in [0.29, 0.717) is 46.9 Å². The quantitative estimate of drug-likeness (QED) is 0.638. The van der Waals surface area contributed by atoms with Gasteiger partial charge in [0.25, 0.3) is 5.91 Å². The van der Waals surface area contributed by atoms with Gasteiger partial charge in [-0.2, -0.15) is 5.10 Å². The first-order valence-corrected chi connectivity index (χ1v) is 8.55. The van der Waals surface area contributed by atoms with Crippen LogP contribution in [0, 0.1) is 0 Å². The number of nitrogens with one attached hydrogen (secondary N) is 1. The highest BCUT2D eigenvalue weighted by atomic mass is 35.5. The average Bonchev–Trinajstić information content (AvgIpc) is 3.07. The van der Waals surface area contributed by atoms with Crippen molar-refractivity contribution in [3.05, 3.63) is 46.1 Å². The number of nitrogens with zero attached hydrogens (tertiary/aromatic N) is 2. The Labute approximate surface area is 155 Å². The number of hydrogen-bond donors (Lipinski definition) is 1. The van der Waals surface area contributed by atoms with E-state index >= 15 is 0 Å². The van der Waals surface area contributed by atoms with Gasteiger partial charge in [-0.15, -0.1) is 0 Å². The van der Waals surface area contributed by atoms with Gasteiger partial charge in [-0.25, -0.2) is 5.43 Å². The Morgan fingerprint density at radius 2 is 2.04 bits per heavy atom. The van der Waals surface area contributed by atoms with Crippen molar-refractivity contribution in [1.29, 1.82) is 0 Å². The Bertz CT molecular complexity index is 770. The van der Waals surface area contributed by atoms with E-state index in [2.05, 4.69) is 10.5 Å². The highest BCUT2D eigenvalue weighted by Crippen LogP contribution is 2.34. The molecule has 25 heavy (non-hydrogen) atoms. The number of amides is 1. The number of rotatable bonds is 5. The Hall–Kier alpha value is -1.86. The topological polar surface area (TPSA) is 67.1 Å². The number of hydrazone groups is 1. The van der Waals surface area contributed by atoms with Crippen molar-refractivity contribution in [2.75, 3.05) is 32.8 Å². The zero-order valence-electron chi connectivity index (χ0n) is 13.4. The van der Waals surface area contributed by atoms with Gasteiger partial charge in [-0.1, -0.05) is 29.3 Å². The average molecular weight is 382 g/mol. The number of halogens is 2. The van der Waals surface area contributed by atoms with Gasteiger partial charge in [-0.3, -0.25) is 9.69 Å². The van der Waals surface area contributed by atoms with E-state index in [1.807, 2.05) is 11.0 Å². The summed E-state index contributed by atoms with van der Waals surface area (Å²) in [6.07, 6.45) is 1.44. The molecule has 1 aromatic heterocycles. The SMILES string of the molecule is O=C(CN1CCOCC1)NN=Cc1ccc(-c2cccc(Cl)c2Cl)o1. The molecule has 132 valence electrons. The molecular weight excluding hydrogens is 365 g/mol. The summed E-state index contributed by atoms with van der Waals surface area (Å²) in [6.45, 7) is 3.09. The third-order valence-corrected chi connectivity index (χ3v) is 4.51. The highest BCUT2D eigenvalue weighted by molar-refractivity contribution is 6.43. The molecule has 1 saturated heterocycles. The number of carbonyl (C=O) groups excluding carboxylic acids is 1. The van der Waals surface area contributed by atoms with E-state index < -0.39 is 0 Å². The van der Waals surface area contributed by atoms with Crippen molar-refractivity contribution in [3.63, 3.8) is 0 Å². The van der Waals surface area contributed by atoms with E-state index in [4.69, 9.17) is 32.4 Å². The molecule has 1 aliphatic heterocycles. The number of morpholine rings is 1. The second-order valence-corrected chi connectivity index (χ2v) is 6.27. The molecule has 0 aliphatic carbocycles. The summed E-state index contributed by atoms with van der Waals surface area (Å²) in [7, 11) is 0. The predicted molar refractivity (Wildman–Crippen MR) is 97.2 cm³/mol. The summed E-state index contributed by atoms with van der Waals surface area (Å²) in [6, 6.07) is 8.84. The maximum atomic E-state index is 11.8. The van der Waals surface area contributed by atoms with E-state index in [1.54, 1.807) is 24.3 Å². The second-order valence-electron chi connectivity index (χ2n) is 5.49. The van der Waals surface area contributed by atoms with Crippen LogP contribution < -0.4 is 5.43 Å². The van der Waals surface area contributed by atoms with Crippen LogP contribution in [-0.4, -0.2) is 49.9 Å². The molecule has 0 atom stereocenters. The molecule has 0 saturated carbocycles. The van der Waals surface area contributed by atoms with E-state index in [-0.39, 0.29) is 5.91 Å². The zero-order valence-corrected chi connectivity index (χ0v) is 14.9. The maximum absolute atomic E-state index is 11.8. The van der Waals surface area contributed by atoms with Crippen LogP contribution in [0.4, 0.5) is 0 Å². The van der Waals surface area contributed by atoms with Gasteiger partial charge < -0.3 is 9.15 Å². The molecule has 0 bridgehead atoms. The van der Waals surface area contributed by atoms with Crippen LogP contribution in [0.2, 0.25) is 10.0 Å². The molecule has 1 fully saturated rings. The summed E-state index contributed by atoms with van der Waals surface area (Å²) >= 11 is 12.2. The van der Waals surface area contributed by atoms with Gasteiger partial charge in [0.2, 0.25) is 0 Å². The van der Waals surface area contributed by atoms with E-state index in [1.165, 1.54) is 6.21 Å². The smallest absolute Gasteiger partial charge is 0.254 e. The molecule has 0 spiro atoms. The predicted octanol–water partition coefficient (Wildman–Crippen LogP) is 3.04. The van der Waals surface area contributed by atoms with E-state index in [0.717, 1.165) is 13.1 Å². The Kier molecular flexibility index (Phi) is 6.09. The summed E-state index contributed by atoms with van der Waals surface area (Å²) in [4.78, 5) is 13.9. The van der Waals surface area contributed by atoms with Gasteiger partial charge in [0.1, 0.15) is 11.5 Å². The van der Waals surface area contributed by atoms with Crippen molar-refractivity contribution < 1.29 is 13.9 Å². The lowest BCUT2D eigenvalue weighted by atomic mass is 10.2. The third-order valence-electron chi connectivity index (χ3n) is 3.70. The van der Waals surface area contributed by atoms with Crippen LogP contribution in [0.1, 0.15) is 5.76 Å². The van der Waals surface area contributed by atoms with E-state index in [9.17, 15) is 4.79 Å². The van der Waals surface area contributed by atoms with Gasteiger partial charge in [0.15, 0.2) is 0 Å². The minimum absolute atomic E-state index is 0.178. The first-order chi connectivity index (χ1) is 12.1. The molecule has 3 rings (SSSR count). The fourth-order valence-electron chi connectivity index (χ4n) is 2.43. The minimum atomic E-state index is -0.178. The van der Waals surface area contributed by atoms with Crippen LogP contribution in [-0.2, 0) is 9.53 Å². The monoisotopic (exact) mass is 381 g/mol. The number of carbonyl (C=O) groups is 1. The molecule has 1 aliphatic rings. The molecular formula is C17H17Cl2N3O3. The summed E-state index contributed by atoms with van der Waals surface area (Å²) in [5, 5.41) is 4.81. The molecule has 8 heteroatoms. The summed E-state index contributed by atoms with van der Waals surface area (Å²) in [5.74, 6) is 0.897. The lowest BCUT2D eigenvalue weighted by Gasteiger charge is -2.25. The highest BCUT2D eigenvalue weighted by Gasteiger charge is 2.13. The number of ether oxygens (including phenoxy) is 1. The largest absolute Gasteiger partial charge is 0.455 e. The molecule has 0 radical (unpaired) electrons. The molecule has 6 nitrogen and oxygen atoms in total. The van der Waals surface area contributed by atoms with Crippen LogP contribution in [0.25, 0.3) is 11.3 Å². The molecule has 1 aromatic carbocycles. The first-order valence-electron chi connectivity index (χ1n) is 7.80. The fourth-order valence-corrected chi connectivity index (χ4v) is 2.82. The van der Waals surface area contributed by atoms with Gasteiger partial charge in [0, 0.05) is 18.7 Å². The lowest BCUT2D eigenvalue weighted by Crippen LogP contribution is -2.42. The number of furan rings is 1. The van der Waals surface area contributed by atoms with Crippen molar-refractivity contribution in [3.8, 4) is 11.3 Å². The first kappa shape index (κ1) is 17.9. The van der Waals surface area contributed by atoms with Crippen molar-refractivity contribution in [1.82, 2.24) is 10.3 Å². The lowest BCUT2D eigenvalue weighted by molar-refractivity contribution is -0.123. The van der Waals surface area contributed by atoms with Crippen LogP contribution in [0.5, 0.6) is 0 Å². The fraction of sp³-hybridized carbons (Fsp3) is 0.294. The normalized spacial score (nSPS) is 15.6. The molecule has 0 unspecified atom stereocenters. The zero-order chi connectivity index (χ0) is 17.6. The minimum Gasteiger partial charge on any atom is -0.455 e. The summed E-state index contributed by atoms with van der Waals surface area (Å²) in [5.41, 5.74) is 3.19. The maximum Gasteiger partial charge on any atom is 0.254 e. The van der Waals surface area contributed by atoms with Crippen LogP contribution in [0.15, 0.2) is 39.9 Å². The van der Waals surface area contributed by atoms with Crippen molar-refractivity contribution in [2.24, 2.45) is 5.10 Å². The third kappa shape index (κ3) is 4.83. The van der Waals surface area contributed by atoms with Crippen LogP contribution in [0.3, 0.4) is 0 Å². The standard InChI is InChI=1S/C17H17Cl2N3O3/c18-14-3-1-2-13(17(14)19)15-5-4-12(25-15)10-20-21-16(23)11-22-6-8-24-9-7-22/h1-5,10H,6-9,11H2,(H,21,23). The molecule has 2 aromatic rings. The van der Waals surface area contributed by atoms with Gasteiger partial charge in [-0.05, 0) is 24.3 Å². The molecule has 2 heterocycles. The second kappa shape index (κ2) is 8.49. The Balaban J connectivity index is 1.56. The van der Waals surface area contributed by atoms with Crippen molar-refractivity contribution >= 4 is 35.3 Å². The van der Waals surface area contributed by atoms with Crippen molar-refractivity contribution in [2.45, 2.75) is 0 Å². The van der Waals surface area contributed by atoms with Crippen LogP contribution >= 0.6 is 23.2 Å². The number of hydrogen-bond acceptors (Lipinski definition) is 5. The van der Waals surface area contributed by atoms with Gasteiger partial charge >= 0.3 is 0 Å². The Morgan fingerprint density at radius 3 is 2.84 bits per heavy atom. The molecule has 1 amide bonds. The van der Waals surface area contributed by atoms with Gasteiger partial charge in [0.05, 0.1) is 36.0 Å².